The van der Waals surface area contributed by atoms with E-state index in [-0.39, 0.29) is 12.5 Å². The van der Waals surface area contributed by atoms with Crippen LogP contribution in [0.1, 0.15) is 11.5 Å². The van der Waals surface area contributed by atoms with Crippen LogP contribution in [0.4, 0.5) is 0 Å². The average molecular weight is 268 g/mol. The van der Waals surface area contributed by atoms with E-state index in [4.69, 9.17) is 4.42 Å². The van der Waals surface area contributed by atoms with Crippen LogP contribution in [0.3, 0.4) is 0 Å². The van der Waals surface area contributed by atoms with Crippen LogP contribution in [0, 0.1) is 6.92 Å². The van der Waals surface area contributed by atoms with Gasteiger partial charge in [-0.2, -0.15) is 0 Å². The molecule has 0 aliphatic carbocycles. The summed E-state index contributed by atoms with van der Waals surface area (Å²) in [4.78, 5) is 15.3. The molecule has 2 N–H and O–H groups in total. The third kappa shape index (κ3) is 3.56. The van der Waals surface area contributed by atoms with Crippen molar-refractivity contribution in [2.24, 2.45) is 0 Å². The lowest BCUT2D eigenvalue weighted by Gasteiger charge is -2.20. The lowest BCUT2D eigenvalue weighted by Crippen LogP contribution is -2.37. The van der Waals surface area contributed by atoms with E-state index < -0.39 is 12.2 Å². The first-order valence-corrected chi connectivity index (χ1v) is 6.33. The molecule has 1 amide bonds. The highest BCUT2D eigenvalue weighted by Gasteiger charge is 2.31. The van der Waals surface area contributed by atoms with E-state index in [0.29, 0.717) is 19.6 Å². The van der Waals surface area contributed by atoms with Crippen LogP contribution in [0.15, 0.2) is 16.5 Å². The molecule has 2 atom stereocenters. The van der Waals surface area contributed by atoms with Crippen LogP contribution in [0.25, 0.3) is 0 Å². The van der Waals surface area contributed by atoms with Gasteiger partial charge in [0.2, 0.25) is 5.91 Å². The summed E-state index contributed by atoms with van der Waals surface area (Å²) in [6, 6.07) is 3.71. The zero-order chi connectivity index (χ0) is 14.0. The number of β-amino-alcohol motifs (C(OH)–C–C–N with tert-alkyl or cyclic N) is 2. The maximum Gasteiger partial charge on any atom is 0.236 e. The van der Waals surface area contributed by atoms with E-state index >= 15 is 0 Å². The quantitative estimate of drug-likeness (QED) is 0.776. The fraction of sp³-hybridized carbons (Fsp3) is 0.615. The van der Waals surface area contributed by atoms with Crippen molar-refractivity contribution >= 4 is 5.91 Å². The molecule has 1 aromatic heterocycles. The number of nitrogens with zero attached hydrogens (tertiary/aromatic N) is 2. The van der Waals surface area contributed by atoms with Crippen LogP contribution in [-0.2, 0) is 11.3 Å². The van der Waals surface area contributed by atoms with E-state index in [2.05, 4.69) is 0 Å². The van der Waals surface area contributed by atoms with E-state index in [9.17, 15) is 15.0 Å². The van der Waals surface area contributed by atoms with Crippen LogP contribution < -0.4 is 0 Å². The Labute approximate surface area is 112 Å². The number of aryl methyl sites for hydroxylation is 1. The molecule has 2 rings (SSSR count). The van der Waals surface area contributed by atoms with Gasteiger partial charge >= 0.3 is 0 Å². The Morgan fingerprint density at radius 2 is 2.05 bits per heavy atom. The van der Waals surface area contributed by atoms with Gasteiger partial charge in [-0.05, 0) is 19.1 Å². The van der Waals surface area contributed by atoms with E-state index in [1.165, 1.54) is 0 Å². The zero-order valence-corrected chi connectivity index (χ0v) is 11.2. The van der Waals surface area contributed by atoms with E-state index in [1.54, 1.807) is 16.8 Å². The maximum absolute atomic E-state index is 12.0. The smallest absolute Gasteiger partial charge is 0.236 e. The molecule has 1 fully saturated rings. The van der Waals surface area contributed by atoms with Crippen LogP contribution in [0.2, 0.25) is 0 Å². The van der Waals surface area contributed by atoms with Crippen molar-refractivity contribution < 1.29 is 19.4 Å². The van der Waals surface area contributed by atoms with Gasteiger partial charge in [-0.1, -0.05) is 0 Å². The Balaban J connectivity index is 1.83. The second kappa shape index (κ2) is 5.73. The lowest BCUT2D eigenvalue weighted by atomic mass is 10.3. The largest absolute Gasteiger partial charge is 0.464 e. The summed E-state index contributed by atoms with van der Waals surface area (Å²) in [6.45, 7) is 3.15. The highest BCUT2D eigenvalue weighted by molar-refractivity contribution is 5.78. The Morgan fingerprint density at radius 3 is 2.58 bits per heavy atom. The molecule has 0 saturated carbocycles. The van der Waals surface area contributed by atoms with Gasteiger partial charge in [0.25, 0.3) is 0 Å². The third-order valence-corrected chi connectivity index (χ3v) is 3.31. The molecule has 0 radical (unpaired) electrons. The van der Waals surface area contributed by atoms with Gasteiger partial charge in [-0.15, -0.1) is 0 Å². The van der Waals surface area contributed by atoms with Crippen molar-refractivity contribution in [2.75, 3.05) is 26.7 Å². The fourth-order valence-corrected chi connectivity index (χ4v) is 2.18. The minimum atomic E-state index is -0.758. The number of aliphatic hydroxyl groups excluding tert-OH is 2. The highest BCUT2D eigenvalue weighted by Crippen LogP contribution is 2.12. The van der Waals surface area contributed by atoms with Crippen LogP contribution in [-0.4, -0.2) is 64.8 Å². The summed E-state index contributed by atoms with van der Waals surface area (Å²) in [5, 5.41) is 18.9. The molecule has 1 saturated heterocycles. The molecule has 1 aromatic rings. The second-order valence-corrected chi connectivity index (χ2v) is 5.09. The first-order chi connectivity index (χ1) is 8.95. The van der Waals surface area contributed by atoms with Gasteiger partial charge in [0.05, 0.1) is 25.3 Å². The number of aliphatic hydroxyl groups is 2. The molecule has 0 aromatic carbocycles. The van der Waals surface area contributed by atoms with Crippen molar-refractivity contribution in [3.05, 3.63) is 23.7 Å². The summed E-state index contributed by atoms with van der Waals surface area (Å²) >= 11 is 0. The Hall–Kier alpha value is -1.37. The summed E-state index contributed by atoms with van der Waals surface area (Å²) in [7, 11) is 1.71. The van der Waals surface area contributed by atoms with Crippen molar-refractivity contribution in [2.45, 2.75) is 25.7 Å². The number of furan rings is 1. The van der Waals surface area contributed by atoms with Gasteiger partial charge in [0.1, 0.15) is 11.5 Å². The third-order valence-electron chi connectivity index (χ3n) is 3.31. The number of rotatable bonds is 4. The molecule has 106 valence electrons. The Bertz CT molecular complexity index is 436. The number of carbonyl (C=O) groups is 1. The molecule has 1 aliphatic rings. The second-order valence-electron chi connectivity index (χ2n) is 5.09. The van der Waals surface area contributed by atoms with Gasteiger partial charge in [0.15, 0.2) is 0 Å². The number of hydrogen-bond donors (Lipinski definition) is 2. The first-order valence-electron chi connectivity index (χ1n) is 6.33. The van der Waals surface area contributed by atoms with Crippen molar-refractivity contribution in [3.63, 3.8) is 0 Å². The molecule has 19 heavy (non-hydrogen) atoms. The fourth-order valence-electron chi connectivity index (χ4n) is 2.18. The predicted molar refractivity (Wildman–Crippen MR) is 68.4 cm³/mol. The summed E-state index contributed by atoms with van der Waals surface area (Å²) in [5.41, 5.74) is 0. The van der Waals surface area contributed by atoms with Crippen molar-refractivity contribution in [1.82, 2.24) is 9.80 Å². The SMILES string of the molecule is Cc1ccc(CN(C)C(=O)CN2C[C@@H](O)[C@@H](O)C2)o1. The molecule has 2 heterocycles. The van der Waals surface area contributed by atoms with Gasteiger partial charge < -0.3 is 19.5 Å². The van der Waals surface area contributed by atoms with Crippen LogP contribution in [0.5, 0.6) is 0 Å². The molecule has 0 unspecified atom stereocenters. The molecule has 6 heteroatoms. The molecule has 0 spiro atoms. The van der Waals surface area contributed by atoms with E-state index in [0.717, 1.165) is 11.5 Å². The number of carbonyl (C=O) groups excluding carboxylic acids is 1. The molecular weight excluding hydrogens is 248 g/mol. The van der Waals surface area contributed by atoms with Gasteiger partial charge in [-0.3, -0.25) is 9.69 Å². The molecular formula is C13H20N2O4. The topological polar surface area (TPSA) is 77.2 Å². The average Bonchev–Trinajstić information content (AvgIpc) is 2.86. The number of likely N-dealkylation sites (N-methyl/N-ethyl adjacent to an activating group) is 1. The number of likely N-dealkylation sites (tertiary alicyclic amines) is 1. The Morgan fingerprint density at radius 1 is 1.42 bits per heavy atom. The minimum absolute atomic E-state index is 0.0599. The summed E-state index contributed by atoms with van der Waals surface area (Å²) in [5.74, 6) is 1.51. The van der Waals surface area contributed by atoms with Gasteiger partial charge in [-0.25, -0.2) is 0 Å². The molecule has 0 bridgehead atoms. The number of hydrogen-bond acceptors (Lipinski definition) is 5. The first kappa shape index (κ1) is 14.0. The zero-order valence-electron chi connectivity index (χ0n) is 11.2. The predicted octanol–water partition coefficient (Wildman–Crippen LogP) is -0.416. The minimum Gasteiger partial charge on any atom is -0.464 e. The molecule has 1 aliphatic heterocycles. The summed E-state index contributed by atoms with van der Waals surface area (Å²) < 4.78 is 5.42. The lowest BCUT2D eigenvalue weighted by molar-refractivity contribution is -0.131. The summed E-state index contributed by atoms with van der Waals surface area (Å²) in [6.07, 6.45) is -1.52. The molecule has 6 nitrogen and oxygen atoms in total. The van der Waals surface area contributed by atoms with Crippen LogP contribution >= 0.6 is 0 Å². The van der Waals surface area contributed by atoms with Crippen molar-refractivity contribution in [3.8, 4) is 0 Å². The standard InChI is InChI=1S/C13H20N2O4/c1-9-3-4-10(19-9)5-14(2)13(18)8-15-6-11(16)12(17)7-15/h3-4,11-12,16-17H,5-8H2,1-2H3/t11-,12+. The van der Waals surface area contributed by atoms with Crippen molar-refractivity contribution in [1.29, 1.82) is 0 Å². The maximum atomic E-state index is 12.0. The Kier molecular flexibility index (Phi) is 4.24. The van der Waals surface area contributed by atoms with E-state index in [1.807, 2.05) is 19.1 Å². The number of amides is 1. The highest BCUT2D eigenvalue weighted by atomic mass is 16.3. The normalized spacial score (nSPS) is 23.8. The van der Waals surface area contributed by atoms with Gasteiger partial charge in [0, 0.05) is 20.1 Å². The monoisotopic (exact) mass is 268 g/mol.